The lowest BCUT2D eigenvalue weighted by Gasteiger charge is -2.15. The molecule has 0 saturated heterocycles. The molecule has 0 saturated carbocycles. The Morgan fingerprint density at radius 1 is 0.460 bits per heavy atom. The van der Waals surface area contributed by atoms with Gasteiger partial charge in [0.1, 0.15) is 6.54 Å². The van der Waals surface area contributed by atoms with Crippen LogP contribution in [0.15, 0.2) is 84.9 Å². The molecule has 0 radical (unpaired) electrons. The number of hydrogen-bond donors (Lipinski definition) is 3. The molecular formula is C43H57N7+2. The Bertz CT molecular complexity index is 1940. The van der Waals surface area contributed by atoms with Gasteiger partial charge in [-0.15, -0.1) is 0 Å². The van der Waals surface area contributed by atoms with Crippen LogP contribution >= 0.6 is 0 Å². The Balaban J connectivity index is 1.05. The van der Waals surface area contributed by atoms with Crippen LogP contribution in [0, 0.1) is 0 Å². The van der Waals surface area contributed by atoms with E-state index in [4.69, 9.17) is 0 Å². The van der Waals surface area contributed by atoms with Gasteiger partial charge < -0.3 is 25.8 Å². The van der Waals surface area contributed by atoms with E-state index < -0.39 is 0 Å². The smallest absolute Gasteiger partial charge is 0.215 e. The third-order valence-electron chi connectivity index (χ3n) is 10.0. The maximum atomic E-state index is 3.76. The first-order valence-electron chi connectivity index (χ1n) is 18.5. The van der Waals surface area contributed by atoms with Crippen molar-refractivity contribution in [3.8, 4) is 0 Å². The Labute approximate surface area is 298 Å². The van der Waals surface area contributed by atoms with Crippen LogP contribution in [0.1, 0.15) is 43.2 Å². The molecule has 6 rings (SSSR count). The zero-order valence-corrected chi connectivity index (χ0v) is 31.1. The molecule has 7 nitrogen and oxygen atoms in total. The van der Waals surface area contributed by atoms with Crippen molar-refractivity contribution in [3.05, 3.63) is 96.1 Å². The summed E-state index contributed by atoms with van der Waals surface area (Å²) in [4.78, 5) is 4.38. The minimum Gasteiger partial charge on any atom is -0.377 e. The van der Waals surface area contributed by atoms with Crippen molar-refractivity contribution >= 4 is 55.0 Å². The van der Waals surface area contributed by atoms with Gasteiger partial charge in [-0.3, -0.25) is 0 Å². The third kappa shape index (κ3) is 8.18. The van der Waals surface area contributed by atoms with E-state index in [9.17, 15) is 0 Å². The summed E-state index contributed by atoms with van der Waals surface area (Å²) < 4.78 is 5.10. The van der Waals surface area contributed by atoms with Crippen LogP contribution in [0.25, 0.3) is 43.6 Å². The van der Waals surface area contributed by atoms with Crippen LogP contribution in [0.3, 0.4) is 0 Å². The molecule has 4 aromatic carbocycles. The average molecular weight is 672 g/mol. The number of rotatable bonds is 17. The van der Waals surface area contributed by atoms with E-state index in [1.807, 2.05) is 14.1 Å². The minimum atomic E-state index is 0.882. The fraction of sp³-hybridized carbons (Fsp3) is 0.395. The summed E-state index contributed by atoms with van der Waals surface area (Å²) in [6, 6.07) is 32.2. The summed E-state index contributed by atoms with van der Waals surface area (Å²) in [6.45, 7) is 5.87. The predicted octanol–water partition coefficient (Wildman–Crippen LogP) is 6.69. The number of nitrogens with zero attached hydrogens (tertiary/aromatic N) is 4. The number of benzene rings is 4. The Morgan fingerprint density at radius 3 is 1.36 bits per heavy atom. The van der Waals surface area contributed by atoms with Gasteiger partial charge in [0, 0.05) is 118 Å². The molecule has 50 heavy (non-hydrogen) atoms. The van der Waals surface area contributed by atoms with Gasteiger partial charge in [0.2, 0.25) is 22.1 Å². The number of pyridine rings is 2. The molecule has 0 spiro atoms. The molecule has 0 unspecified atom stereocenters. The molecular weight excluding hydrogens is 615 g/mol. The van der Waals surface area contributed by atoms with Gasteiger partial charge in [0.15, 0.2) is 6.54 Å². The van der Waals surface area contributed by atoms with Crippen LogP contribution in [0.5, 0.6) is 0 Å². The molecule has 0 aliphatic carbocycles. The average Bonchev–Trinajstić information content (AvgIpc) is 3.11. The molecule has 6 aromatic rings. The van der Waals surface area contributed by atoms with Gasteiger partial charge in [0.05, 0.1) is 0 Å². The summed E-state index contributed by atoms with van der Waals surface area (Å²) in [5, 5.41) is 15.6. The first-order valence-corrected chi connectivity index (χ1v) is 18.5. The summed E-state index contributed by atoms with van der Waals surface area (Å²) in [7, 11) is 12.5. The molecule has 2 aromatic heterocycles. The molecule has 0 bridgehead atoms. The Hall–Kier alpha value is -4.30. The maximum absolute atomic E-state index is 3.76. The number of fused-ring (bicyclic) bond motifs is 4. The van der Waals surface area contributed by atoms with Crippen molar-refractivity contribution in [3.63, 3.8) is 0 Å². The SMILES string of the molecule is CNCc1ccc2cc3ccc(CNC)cc3[n+](CCCCCCNCCC[n+]3c4cc(N(C)C)ccc4cc4ccc(N(C)C)cc43)c2c1. The number of aromatic nitrogens is 2. The summed E-state index contributed by atoms with van der Waals surface area (Å²) in [5.41, 5.74) is 10.4. The monoisotopic (exact) mass is 671 g/mol. The van der Waals surface area contributed by atoms with Crippen molar-refractivity contribution < 1.29 is 9.13 Å². The van der Waals surface area contributed by atoms with Gasteiger partial charge in [-0.2, -0.15) is 9.13 Å². The van der Waals surface area contributed by atoms with E-state index in [-0.39, 0.29) is 0 Å². The molecule has 7 heteroatoms. The van der Waals surface area contributed by atoms with Gasteiger partial charge in [-0.1, -0.05) is 18.6 Å². The molecule has 0 aliphatic rings. The summed E-state index contributed by atoms with van der Waals surface area (Å²) >= 11 is 0. The highest BCUT2D eigenvalue weighted by Gasteiger charge is 2.19. The highest BCUT2D eigenvalue weighted by Crippen LogP contribution is 2.26. The summed E-state index contributed by atoms with van der Waals surface area (Å²) in [5.74, 6) is 0. The maximum Gasteiger partial charge on any atom is 0.215 e. The highest BCUT2D eigenvalue weighted by molar-refractivity contribution is 5.92. The number of nitrogens with one attached hydrogen (secondary N) is 3. The number of unbranched alkanes of at least 4 members (excludes halogenated alkanes) is 3. The second-order valence-corrected chi connectivity index (χ2v) is 14.2. The molecule has 3 N–H and O–H groups in total. The first kappa shape index (κ1) is 35.5. The van der Waals surface area contributed by atoms with Crippen molar-refractivity contribution in [2.75, 3.05) is 65.2 Å². The van der Waals surface area contributed by atoms with Crippen molar-refractivity contribution in [2.24, 2.45) is 0 Å². The van der Waals surface area contributed by atoms with Crippen LogP contribution in [0.4, 0.5) is 11.4 Å². The van der Waals surface area contributed by atoms with Gasteiger partial charge in [-0.25, -0.2) is 0 Å². The molecule has 2 heterocycles. The minimum absolute atomic E-state index is 0.882. The van der Waals surface area contributed by atoms with Crippen LogP contribution < -0.4 is 34.9 Å². The number of hydrogen-bond acceptors (Lipinski definition) is 5. The second-order valence-electron chi connectivity index (χ2n) is 14.2. The molecule has 0 fully saturated rings. The number of aryl methyl sites for hydroxylation is 2. The molecule has 0 atom stereocenters. The van der Waals surface area contributed by atoms with E-state index in [0.717, 1.165) is 45.7 Å². The zero-order chi connectivity index (χ0) is 35.0. The van der Waals surface area contributed by atoms with Crippen molar-refractivity contribution in [2.45, 2.75) is 58.3 Å². The van der Waals surface area contributed by atoms with Crippen LogP contribution in [-0.4, -0.2) is 55.4 Å². The van der Waals surface area contributed by atoms with Gasteiger partial charge >= 0.3 is 0 Å². The normalized spacial score (nSPS) is 11.7. The lowest BCUT2D eigenvalue weighted by atomic mass is 10.0. The topological polar surface area (TPSA) is 50.3 Å². The Morgan fingerprint density at radius 2 is 0.880 bits per heavy atom. The van der Waals surface area contributed by atoms with Gasteiger partial charge in [-0.05, 0) is 93.1 Å². The molecule has 0 aliphatic heterocycles. The van der Waals surface area contributed by atoms with Crippen molar-refractivity contribution in [1.82, 2.24) is 16.0 Å². The van der Waals surface area contributed by atoms with E-state index in [0.29, 0.717) is 0 Å². The fourth-order valence-corrected chi connectivity index (χ4v) is 7.29. The highest BCUT2D eigenvalue weighted by atomic mass is 15.1. The quantitative estimate of drug-likeness (QED) is 0.0574. The first-order chi connectivity index (χ1) is 24.4. The Kier molecular flexibility index (Phi) is 11.8. The van der Waals surface area contributed by atoms with E-state index in [2.05, 4.69) is 148 Å². The standard InChI is InChI=1S/C43H57N7/c1-44-30-32-12-14-34-26-35-15-13-33(31-45-2)25-41(35)49(40(34)24-32)22-10-8-7-9-20-46-21-11-23-50-42-28-38(47(3)4)18-16-36(42)27-37-17-19-39(48(5)6)29-43(37)50/h12-19,24-29,44-46H,7-11,20-23,30-31H2,1-6H3/q+2. The summed E-state index contributed by atoms with van der Waals surface area (Å²) in [6.07, 6.45) is 5.96. The van der Waals surface area contributed by atoms with Crippen molar-refractivity contribution in [1.29, 1.82) is 0 Å². The molecule has 262 valence electrons. The largest absolute Gasteiger partial charge is 0.377 e. The predicted molar refractivity (Wildman–Crippen MR) is 213 cm³/mol. The van der Waals surface area contributed by atoms with Crippen LogP contribution in [0.2, 0.25) is 0 Å². The van der Waals surface area contributed by atoms with Gasteiger partial charge in [0.25, 0.3) is 0 Å². The molecule has 0 amide bonds. The zero-order valence-electron chi connectivity index (χ0n) is 31.1. The third-order valence-corrected chi connectivity index (χ3v) is 10.0. The lowest BCUT2D eigenvalue weighted by molar-refractivity contribution is -0.646. The second kappa shape index (κ2) is 16.6. The fourth-order valence-electron chi connectivity index (χ4n) is 7.29. The van der Waals surface area contributed by atoms with E-state index in [1.165, 1.54) is 91.8 Å². The number of anilines is 2. The lowest BCUT2D eigenvalue weighted by Crippen LogP contribution is -2.37. The van der Waals surface area contributed by atoms with E-state index >= 15 is 0 Å². The van der Waals surface area contributed by atoms with E-state index in [1.54, 1.807) is 0 Å². The van der Waals surface area contributed by atoms with Crippen LogP contribution in [-0.2, 0) is 26.2 Å².